The Hall–Kier alpha value is -0.380. The molecule has 1 rings (SSSR count). The molecule has 0 spiro atoms. The van der Waals surface area contributed by atoms with Crippen LogP contribution in [0.4, 0.5) is 0 Å². The Morgan fingerprint density at radius 3 is 2.69 bits per heavy atom. The fraction of sp³-hybridized carbons (Fsp3) is 0.800. The molecule has 0 aromatic rings. The van der Waals surface area contributed by atoms with Crippen LogP contribution in [0.5, 0.6) is 0 Å². The van der Waals surface area contributed by atoms with E-state index in [-0.39, 0.29) is 0 Å². The van der Waals surface area contributed by atoms with E-state index in [1.165, 1.54) is 0 Å². The van der Waals surface area contributed by atoms with Gasteiger partial charge in [-0.05, 0) is 25.9 Å². The minimum absolute atomic E-state index is 0.430. The van der Waals surface area contributed by atoms with Gasteiger partial charge >= 0.3 is 0 Å². The van der Waals surface area contributed by atoms with E-state index in [0.717, 1.165) is 32.5 Å². The first-order chi connectivity index (χ1) is 6.33. The molecule has 0 amide bonds. The van der Waals surface area contributed by atoms with Crippen LogP contribution < -0.4 is 5.73 Å². The maximum atomic E-state index is 5.81. The molecule has 1 heterocycles. The molecule has 0 bridgehead atoms. The fourth-order valence-corrected chi connectivity index (χ4v) is 1.52. The van der Waals surface area contributed by atoms with Gasteiger partial charge in [0.15, 0.2) is 0 Å². The lowest BCUT2D eigenvalue weighted by Crippen LogP contribution is -2.39. The van der Waals surface area contributed by atoms with Gasteiger partial charge in [0, 0.05) is 19.7 Å². The summed E-state index contributed by atoms with van der Waals surface area (Å²) in [4.78, 5) is 2.43. The van der Waals surface area contributed by atoms with Crippen molar-refractivity contribution in [3.63, 3.8) is 0 Å². The zero-order valence-electron chi connectivity index (χ0n) is 8.41. The molecule has 3 heteroatoms. The van der Waals surface area contributed by atoms with Crippen LogP contribution in [0.25, 0.3) is 0 Å². The number of hydrogen-bond donors (Lipinski definition) is 1. The quantitative estimate of drug-likeness (QED) is 0.651. The van der Waals surface area contributed by atoms with Crippen molar-refractivity contribution >= 4 is 0 Å². The monoisotopic (exact) mass is 184 g/mol. The molecule has 0 unspecified atom stereocenters. The summed E-state index contributed by atoms with van der Waals surface area (Å²) in [6.07, 6.45) is 6.51. The predicted molar refractivity (Wildman–Crippen MR) is 54.7 cm³/mol. The van der Waals surface area contributed by atoms with E-state index in [4.69, 9.17) is 10.5 Å². The summed E-state index contributed by atoms with van der Waals surface area (Å²) in [6, 6.07) is 0.430. The van der Waals surface area contributed by atoms with Crippen LogP contribution in [0.3, 0.4) is 0 Å². The summed E-state index contributed by atoms with van der Waals surface area (Å²) in [6.45, 7) is 4.03. The number of methoxy groups -OCH3 is 1. The molecule has 1 fully saturated rings. The van der Waals surface area contributed by atoms with Gasteiger partial charge in [-0.2, -0.15) is 0 Å². The highest BCUT2D eigenvalue weighted by atomic mass is 16.5. The Morgan fingerprint density at radius 1 is 1.38 bits per heavy atom. The van der Waals surface area contributed by atoms with Gasteiger partial charge in [0.25, 0.3) is 0 Å². The maximum Gasteiger partial charge on any atom is 0.0644 e. The number of ether oxygens (including phenoxy) is 1. The van der Waals surface area contributed by atoms with Gasteiger partial charge in [-0.3, -0.25) is 4.90 Å². The van der Waals surface area contributed by atoms with Gasteiger partial charge in [-0.1, -0.05) is 12.2 Å². The maximum absolute atomic E-state index is 5.81. The minimum atomic E-state index is 0.430. The molecular formula is C10H20N2O. The normalized spacial score (nSPS) is 21.4. The van der Waals surface area contributed by atoms with Crippen LogP contribution in [-0.4, -0.2) is 44.3 Å². The summed E-state index contributed by atoms with van der Waals surface area (Å²) >= 11 is 0. The first kappa shape index (κ1) is 10.7. The third-order valence-electron chi connectivity index (χ3n) is 2.43. The standard InChI is InChI=1S/C10H20N2O/c1-13-9-3-2-6-12-7-4-10(11)5-8-12/h2-3,10H,4-9,11H2,1H3/b3-2+. The summed E-state index contributed by atoms with van der Waals surface area (Å²) in [5.74, 6) is 0. The average Bonchev–Trinajstić information content (AvgIpc) is 2.15. The van der Waals surface area contributed by atoms with Crippen molar-refractivity contribution in [3.05, 3.63) is 12.2 Å². The fourth-order valence-electron chi connectivity index (χ4n) is 1.52. The molecule has 0 atom stereocenters. The lowest BCUT2D eigenvalue weighted by atomic mass is 10.1. The highest BCUT2D eigenvalue weighted by molar-refractivity contribution is 4.86. The van der Waals surface area contributed by atoms with Crippen molar-refractivity contribution in [3.8, 4) is 0 Å². The second-order valence-electron chi connectivity index (χ2n) is 3.56. The molecule has 76 valence electrons. The second kappa shape index (κ2) is 6.13. The average molecular weight is 184 g/mol. The van der Waals surface area contributed by atoms with Gasteiger partial charge < -0.3 is 10.5 Å². The van der Waals surface area contributed by atoms with Gasteiger partial charge in [0.2, 0.25) is 0 Å². The first-order valence-electron chi connectivity index (χ1n) is 4.95. The molecule has 0 aliphatic carbocycles. The molecule has 3 nitrogen and oxygen atoms in total. The van der Waals surface area contributed by atoms with E-state index in [1.807, 2.05) is 0 Å². The Labute approximate surface area is 80.5 Å². The van der Waals surface area contributed by atoms with Gasteiger partial charge in [0.1, 0.15) is 0 Å². The number of piperidine rings is 1. The molecule has 13 heavy (non-hydrogen) atoms. The van der Waals surface area contributed by atoms with Crippen molar-refractivity contribution < 1.29 is 4.74 Å². The van der Waals surface area contributed by atoms with Crippen molar-refractivity contribution in [1.82, 2.24) is 4.90 Å². The lowest BCUT2D eigenvalue weighted by molar-refractivity contribution is 0.226. The van der Waals surface area contributed by atoms with E-state index in [0.29, 0.717) is 12.6 Å². The third-order valence-corrected chi connectivity index (χ3v) is 2.43. The number of likely N-dealkylation sites (tertiary alicyclic amines) is 1. The predicted octanol–water partition coefficient (Wildman–Crippen LogP) is 0.612. The second-order valence-corrected chi connectivity index (χ2v) is 3.56. The van der Waals surface area contributed by atoms with E-state index in [2.05, 4.69) is 17.1 Å². The number of rotatable bonds is 4. The third kappa shape index (κ3) is 4.41. The van der Waals surface area contributed by atoms with E-state index in [1.54, 1.807) is 7.11 Å². The molecular weight excluding hydrogens is 164 g/mol. The van der Waals surface area contributed by atoms with Crippen LogP contribution in [0.1, 0.15) is 12.8 Å². The zero-order valence-corrected chi connectivity index (χ0v) is 8.41. The number of nitrogens with two attached hydrogens (primary N) is 1. The molecule has 0 saturated carbocycles. The van der Waals surface area contributed by atoms with Crippen LogP contribution in [0, 0.1) is 0 Å². The highest BCUT2D eigenvalue weighted by Gasteiger charge is 2.13. The minimum Gasteiger partial charge on any atom is -0.381 e. The highest BCUT2D eigenvalue weighted by Crippen LogP contribution is 2.07. The van der Waals surface area contributed by atoms with E-state index in [9.17, 15) is 0 Å². The van der Waals surface area contributed by atoms with E-state index >= 15 is 0 Å². The summed E-state index contributed by atoms with van der Waals surface area (Å²) in [5, 5.41) is 0. The summed E-state index contributed by atoms with van der Waals surface area (Å²) < 4.78 is 4.92. The van der Waals surface area contributed by atoms with Crippen molar-refractivity contribution in [2.45, 2.75) is 18.9 Å². The Morgan fingerprint density at radius 2 is 2.08 bits per heavy atom. The smallest absolute Gasteiger partial charge is 0.0644 e. The van der Waals surface area contributed by atoms with Gasteiger partial charge in [-0.25, -0.2) is 0 Å². The summed E-state index contributed by atoms with van der Waals surface area (Å²) in [5.41, 5.74) is 5.81. The van der Waals surface area contributed by atoms with Crippen LogP contribution in [0.15, 0.2) is 12.2 Å². The molecule has 2 N–H and O–H groups in total. The molecule has 0 radical (unpaired) electrons. The first-order valence-corrected chi connectivity index (χ1v) is 4.95. The lowest BCUT2D eigenvalue weighted by Gasteiger charge is -2.28. The zero-order chi connectivity index (χ0) is 9.52. The SMILES string of the molecule is COC/C=C/CN1CCC(N)CC1. The topological polar surface area (TPSA) is 38.5 Å². The largest absolute Gasteiger partial charge is 0.381 e. The number of nitrogens with zero attached hydrogens (tertiary/aromatic N) is 1. The van der Waals surface area contributed by atoms with Crippen LogP contribution in [0.2, 0.25) is 0 Å². The molecule has 0 aromatic heterocycles. The summed E-state index contributed by atoms with van der Waals surface area (Å²) in [7, 11) is 1.71. The van der Waals surface area contributed by atoms with Crippen molar-refractivity contribution in [1.29, 1.82) is 0 Å². The Balaban J connectivity index is 2.08. The Bertz CT molecular complexity index is 151. The van der Waals surface area contributed by atoms with Crippen molar-refractivity contribution in [2.75, 3.05) is 33.4 Å². The Kier molecular flexibility index (Phi) is 5.05. The van der Waals surface area contributed by atoms with Crippen molar-refractivity contribution in [2.24, 2.45) is 5.73 Å². The van der Waals surface area contributed by atoms with E-state index < -0.39 is 0 Å². The molecule has 1 saturated heterocycles. The molecule has 0 aromatic carbocycles. The van der Waals surface area contributed by atoms with Crippen LogP contribution >= 0.6 is 0 Å². The van der Waals surface area contributed by atoms with Gasteiger partial charge in [0.05, 0.1) is 6.61 Å². The number of hydrogen-bond acceptors (Lipinski definition) is 3. The molecule has 1 aliphatic heterocycles. The van der Waals surface area contributed by atoms with Gasteiger partial charge in [-0.15, -0.1) is 0 Å². The molecule has 1 aliphatic rings. The van der Waals surface area contributed by atoms with Crippen LogP contribution in [-0.2, 0) is 4.74 Å².